The third kappa shape index (κ3) is 8.63. The van der Waals surface area contributed by atoms with E-state index in [1.807, 2.05) is 29.1 Å². The summed E-state index contributed by atoms with van der Waals surface area (Å²) < 4.78 is 2.05. The molecule has 29 heavy (non-hydrogen) atoms. The molecule has 0 aliphatic heterocycles. The first-order valence-electron chi connectivity index (χ1n) is 11.5. The van der Waals surface area contributed by atoms with Crippen molar-refractivity contribution in [3.8, 4) is 0 Å². The van der Waals surface area contributed by atoms with Gasteiger partial charge in [0.1, 0.15) is 0 Å². The van der Waals surface area contributed by atoms with Crippen molar-refractivity contribution in [2.75, 3.05) is 19.6 Å². The van der Waals surface area contributed by atoms with E-state index in [0.717, 1.165) is 44.2 Å². The average molecular weight is 406 g/mol. The van der Waals surface area contributed by atoms with Crippen LogP contribution < -0.4 is 0 Å². The van der Waals surface area contributed by atoms with Crippen LogP contribution in [0.4, 0.5) is 0 Å². The van der Waals surface area contributed by atoms with E-state index >= 15 is 0 Å². The lowest BCUT2D eigenvalue weighted by molar-refractivity contribution is -0.144. The highest BCUT2D eigenvalue weighted by molar-refractivity contribution is 5.86. The SMILES string of the molecule is CCCCC(CC)C(=O)N(CCCC)CC(=O)N(Cc1cccn1C)CC(C)C. The normalized spacial score (nSPS) is 12.2. The molecule has 0 fully saturated rings. The molecular formula is C24H43N3O2. The monoisotopic (exact) mass is 405 g/mol. The van der Waals surface area contributed by atoms with Crippen molar-refractivity contribution in [1.29, 1.82) is 0 Å². The number of hydrogen-bond donors (Lipinski definition) is 0. The Morgan fingerprint density at radius 3 is 2.28 bits per heavy atom. The van der Waals surface area contributed by atoms with Gasteiger partial charge in [0, 0.05) is 37.9 Å². The number of carbonyl (C=O) groups is 2. The van der Waals surface area contributed by atoms with Gasteiger partial charge in [-0.05, 0) is 37.3 Å². The second-order valence-electron chi connectivity index (χ2n) is 8.64. The highest BCUT2D eigenvalue weighted by Gasteiger charge is 2.26. The van der Waals surface area contributed by atoms with Gasteiger partial charge in [0.15, 0.2) is 0 Å². The van der Waals surface area contributed by atoms with Crippen molar-refractivity contribution in [2.24, 2.45) is 18.9 Å². The molecule has 0 aliphatic rings. The van der Waals surface area contributed by atoms with Crippen LogP contribution in [-0.2, 0) is 23.2 Å². The lowest BCUT2D eigenvalue weighted by Gasteiger charge is -2.31. The molecule has 1 atom stereocenters. The van der Waals surface area contributed by atoms with Crippen molar-refractivity contribution < 1.29 is 9.59 Å². The maximum atomic E-state index is 13.2. The molecule has 0 radical (unpaired) electrons. The topological polar surface area (TPSA) is 45.6 Å². The smallest absolute Gasteiger partial charge is 0.242 e. The predicted molar refractivity (Wildman–Crippen MR) is 120 cm³/mol. The first-order chi connectivity index (χ1) is 13.8. The first-order valence-corrected chi connectivity index (χ1v) is 11.5. The van der Waals surface area contributed by atoms with E-state index in [-0.39, 0.29) is 24.3 Å². The van der Waals surface area contributed by atoms with E-state index in [1.54, 1.807) is 0 Å². The third-order valence-electron chi connectivity index (χ3n) is 5.51. The van der Waals surface area contributed by atoms with E-state index < -0.39 is 0 Å². The van der Waals surface area contributed by atoms with Crippen LogP contribution >= 0.6 is 0 Å². The number of rotatable bonds is 14. The Kier molecular flexibility index (Phi) is 11.7. The van der Waals surface area contributed by atoms with Gasteiger partial charge in [-0.2, -0.15) is 0 Å². The second kappa shape index (κ2) is 13.4. The Morgan fingerprint density at radius 1 is 1.07 bits per heavy atom. The molecule has 0 spiro atoms. The van der Waals surface area contributed by atoms with Gasteiger partial charge >= 0.3 is 0 Å². The van der Waals surface area contributed by atoms with Gasteiger partial charge in [-0.1, -0.05) is 53.9 Å². The van der Waals surface area contributed by atoms with Crippen LogP contribution in [-0.4, -0.2) is 45.8 Å². The van der Waals surface area contributed by atoms with Gasteiger partial charge in [-0.25, -0.2) is 0 Å². The lowest BCUT2D eigenvalue weighted by atomic mass is 9.97. The van der Waals surface area contributed by atoms with E-state index in [2.05, 4.69) is 45.3 Å². The highest BCUT2D eigenvalue weighted by Crippen LogP contribution is 2.17. The summed E-state index contributed by atoms with van der Waals surface area (Å²) in [6.07, 6.45) is 7.87. The molecule has 0 saturated carbocycles. The average Bonchev–Trinajstić information content (AvgIpc) is 3.09. The maximum absolute atomic E-state index is 13.2. The van der Waals surface area contributed by atoms with Crippen LogP contribution in [0, 0.1) is 11.8 Å². The van der Waals surface area contributed by atoms with E-state index in [4.69, 9.17) is 0 Å². The van der Waals surface area contributed by atoms with Gasteiger partial charge in [0.2, 0.25) is 11.8 Å². The molecule has 1 unspecified atom stereocenters. The van der Waals surface area contributed by atoms with Crippen molar-refractivity contribution in [1.82, 2.24) is 14.4 Å². The molecule has 1 aromatic rings. The minimum Gasteiger partial charge on any atom is -0.353 e. The largest absolute Gasteiger partial charge is 0.353 e. The molecule has 0 aliphatic carbocycles. The summed E-state index contributed by atoms with van der Waals surface area (Å²) >= 11 is 0. The molecule has 1 heterocycles. The number of nitrogens with zero attached hydrogens (tertiary/aromatic N) is 3. The van der Waals surface area contributed by atoms with Gasteiger partial charge in [-0.3, -0.25) is 9.59 Å². The van der Waals surface area contributed by atoms with Crippen molar-refractivity contribution >= 4 is 11.8 Å². The zero-order chi connectivity index (χ0) is 21.8. The molecule has 5 heteroatoms. The number of amides is 2. The number of hydrogen-bond acceptors (Lipinski definition) is 2. The van der Waals surface area contributed by atoms with Crippen LogP contribution in [0.2, 0.25) is 0 Å². The molecule has 5 nitrogen and oxygen atoms in total. The molecule has 1 rings (SSSR count). The van der Waals surface area contributed by atoms with Crippen LogP contribution in [0.3, 0.4) is 0 Å². The number of unbranched alkanes of at least 4 members (excludes halogenated alkanes) is 2. The first kappa shape index (κ1) is 25.3. The number of aryl methyl sites for hydroxylation is 1. The zero-order valence-corrected chi connectivity index (χ0v) is 19.6. The van der Waals surface area contributed by atoms with Crippen molar-refractivity contribution in [2.45, 2.75) is 79.7 Å². The quantitative estimate of drug-likeness (QED) is 0.444. The van der Waals surface area contributed by atoms with Gasteiger partial charge in [-0.15, -0.1) is 0 Å². The van der Waals surface area contributed by atoms with Crippen LogP contribution in [0.15, 0.2) is 18.3 Å². The summed E-state index contributed by atoms with van der Waals surface area (Å²) in [6, 6.07) is 4.06. The van der Waals surface area contributed by atoms with Crippen LogP contribution in [0.25, 0.3) is 0 Å². The minimum absolute atomic E-state index is 0.0334. The Labute approximate surface area is 178 Å². The number of carbonyl (C=O) groups excluding carboxylic acids is 2. The lowest BCUT2D eigenvalue weighted by Crippen LogP contribution is -2.46. The molecular weight excluding hydrogens is 362 g/mol. The molecule has 0 saturated heterocycles. The summed E-state index contributed by atoms with van der Waals surface area (Å²) in [7, 11) is 2.00. The Hall–Kier alpha value is -1.78. The van der Waals surface area contributed by atoms with E-state index in [1.165, 1.54) is 0 Å². The molecule has 0 bridgehead atoms. The zero-order valence-electron chi connectivity index (χ0n) is 19.6. The Balaban J connectivity index is 2.92. The summed E-state index contributed by atoms with van der Waals surface area (Å²) in [5.41, 5.74) is 1.11. The second-order valence-corrected chi connectivity index (χ2v) is 8.64. The van der Waals surface area contributed by atoms with Crippen molar-refractivity contribution in [3.05, 3.63) is 24.0 Å². The van der Waals surface area contributed by atoms with Crippen molar-refractivity contribution in [3.63, 3.8) is 0 Å². The third-order valence-corrected chi connectivity index (χ3v) is 5.51. The fraction of sp³-hybridized carbons (Fsp3) is 0.750. The molecule has 166 valence electrons. The maximum Gasteiger partial charge on any atom is 0.242 e. The number of aromatic nitrogens is 1. The standard InChI is InChI=1S/C24H43N3O2/c1-7-10-13-21(9-3)24(29)26(16-11-8-2)19-23(28)27(17-20(4)5)18-22-14-12-15-25(22)6/h12,14-15,20-21H,7-11,13,16-19H2,1-6H3. The molecule has 2 amide bonds. The van der Waals surface area contributed by atoms with E-state index in [0.29, 0.717) is 25.6 Å². The van der Waals surface area contributed by atoms with Gasteiger partial charge in [0.05, 0.1) is 13.1 Å². The Morgan fingerprint density at radius 2 is 1.76 bits per heavy atom. The van der Waals surface area contributed by atoms with Gasteiger partial charge < -0.3 is 14.4 Å². The molecule has 0 N–H and O–H groups in total. The predicted octanol–water partition coefficient (Wildman–Crippen LogP) is 4.85. The minimum atomic E-state index is 0.0334. The van der Waals surface area contributed by atoms with Crippen LogP contribution in [0.5, 0.6) is 0 Å². The summed E-state index contributed by atoms with van der Waals surface area (Å²) in [4.78, 5) is 30.2. The Bertz CT molecular complexity index is 609. The highest BCUT2D eigenvalue weighted by atomic mass is 16.2. The molecule has 0 aromatic carbocycles. The summed E-state index contributed by atoms with van der Waals surface area (Å²) in [5.74, 6) is 0.624. The fourth-order valence-electron chi connectivity index (χ4n) is 3.64. The van der Waals surface area contributed by atoms with Gasteiger partial charge in [0.25, 0.3) is 0 Å². The van der Waals surface area contributed by atoms with Crippen LogP contribution in [0.1, 0.15) is 78.8 Å². The summed E-state index contributed by atoms with van der Waals surface area (Å²) in [6.45, 7) is 12.8. The van der Waals surface area contributed by atoms with E-state index in [9.17, 15) is 9.59 Å². The molecule has 1 aromatic heterocycles. The summed E-state index contributed by atoms with van der Waals surface area (Å²) in [5, 5.41) is 0. The fourth-order valence-corrected chi connectivity index (χ4v) is 3.64.